The van der Waals surface area contributed by atoms with Crippen molar-refractivity contribution < 1.29 is 29.7 Å². The van der Waals surface area contributed by atoms with E-state index in [0.29, 0.717) is 0 Å². The summed E-state index contributed by atoms with van der Waals surface area (Å²) in [7, 11) is 1.75. The normalized spacial score (nSPS) is 1.50. The van der Waals surface area contributed by atoms with E-state index in [2.05, 4.69) is 5.73 Å². The molecule has 0 saturated heterocycles. The van der Waals surface area contributed by atoms with Crippen molar-refractivity contribution in [2.24, 2.45) is 0 Å². The fourth-order valence-electron chi connectivity index (χ4n) is 0. The molecule has 3 heteroatoms. The third-order valence-corrected chi connectivity index (χ3v) is 0. The minimum absolute atomic E-state index is 0. The molecule has 0 aliphatic carbocycles. The molecule has 0 spiro atoms. The summed E-state index contributed by atoms with van der Waals surface area (Å²) in [6.07, 6.45) is 0. The fourth-order valence-corrected chi connectivity index (χ4v) is 0. The molecule has 1 nitrogen and oxygen atoms in total. The topological polar surface area (TPSA) is 27.6 Å². The van der Waals surface area contributed by atoms with E-state index >= 15 is 0 Å². The average molecular weight is 368 g/mol. The number of rotatable bonds is 0. The van der Waals surface area contributed by atoms with Gasteiger partial charge in [-0.15, -0.1) is 0 Å². The molecular weight excluding hydrogens is 360 g/mol. The Morgan fingerprint density at radius 3 is 1.25 bits per heavy atom. The Morgan fingerprint density at radius 1 is 1.25 bits per heavy atom. The van der Waals surface area contributed by atoms with Crippen LogP contribution < -0.4 is 29.7 Å². The molecule has 0 aliphatic heterocycles. The molecule has 4 heavy (non-hydrogen) atoms. The van der Waals surface area contributed by atoms with Crippen molar-refractivity contribution in [2.75, 3.05) is 7.05 Å². The van der Waals surface area contributed by atoms with Gasteiger partial charge < -0.3 is 29.7 Å². The molecule has 0 amide bonds. The predicted octanol–water partition coefficient (Wildman–Crippen LogP) is -5.05. The zero-order valence-electron chi connectivity index (χ0n) is 2.79. The van der Waals surface area contributed by atoms with Crippen LogP contribution in [-0.4, -0.2) is 34.3 Å². The van der Waals surface area contributed by atoms with E-state index in [1.165, 1.54) is 0 Å². The Kier molecular flexibility index (Phi) is 101. The van der Waals surface area contributed by atoms with Gasteiger partial charge in [-0.3, -0.25) is 0 Å². The maximum absolute atomic E-state index is 3.25. The van der Waals surface area contributed by atoms with Crippen LogP contribution in [0.3, 0.4) is 0 Å². The van der Waals surface area contributed by atoms with Crippen LogP contribution in [0.2, 0.25) is 0 Å². The molecule has 0 atom stereocenters. The van der Waals surface area contributed by atoms with Gasteiger partial charge in [-0.1, -0.05) is 0 Å². The maximum atomic E-state index is 3.25. The van der Waals surface area contributed by atoms with Crippen molar-refractivity contribution >= 4 is 27.3 Å². The molecule has 28 valence electrons. The molecule has 0 aromatic rings. The second-order valence-electron chi connectivity index (χ2n) is 0. The SMILES string of the molecule is C[NH3+].[I-].[PbH2]. The summed E-state index contributed by atoms with van der Waals surface area (Å²) in [5.41, 5.74) is 3.25. The van der Waals surface area contributed by atoms with Crippen LogP contribution in [0.1, 0.15) is 0 Å². The van der Waals surface area contributed by atoms with Crippen molar-refractivity contribution in [1.82, 2.24) is 0 Å². The van der Waals surface area contributed by atoms with Crippen molar-refractivity contribution in [3.8, 4) is 0 Å². The summed E-state index contributed by atoms with van der Waals surface area (Å²) in [6, 6.07) is 0. The first-order valence-electron chi connectivity index (χ1n) is 0.707. The van der Waals surface area contributed by atoms with Gasteiger partial charge in [0.25, 0.3) is 0 Å². The summed E-state index contributed by atoms with van der Waals surface area (Å²) in [4.78, 5) is 0. The molecule has 0 unspecified atom stereocenters. The minimum atomic E-state index is 0. The predicted molar refractivity (Wildman–Crippen MR) is 17.4 cm³/mol. The van der Waals surface area contributed by atoms with E-state index in [1.807, 2.05) is 0 Å². The van der Waals surface area contributed by atoms with Crippen molar-refractivity contribution in [3.63, 3.8) is 0 Å². The van der Waals surface area contributed by atoms with Crippen LogP contribution in [0.15, 0.2) is 0 Å². The van der Waals surface area contributed by atoms with Gasteiger partial charge in [0.2, 0.25) is 0 Å². The van der Waals surface area contributed by atoms with Crippen molar-refractivity contribution in [1.29, 1.82) is 0 Å². The Hall–Kier alpha value is 1.61. The summed E-state index contributed by atoms with van der Waals surface area (Å²) in [5.74, 6) is 0. The molecule has 0 bridgehead atoms. The van der Waals surface area contributed by atoms with Crippen LogP contribution in [0.5, 0.6) is 0 Å². The molecule has 0 aromatic carbocycles. The van der Waals surface area contributed by atoms with Gasteiger partial charge in [-0.05, 0) is 0 Å². The Bertz CT molecular complexity index is 8.00. The van der Waals surface area contributed by atoms with E-state index in [4.69, 9.17) is 0 Å². The third-order valence-electron chi connectivity index (χ3n) is 0. The monoisotopic (exact) mass is 369 g/mol. The van der Waals surface area contributed by atoms with Gasteiger partial charge in [0, 0.05) is 0 Å². The first kappa shape index (κ1) is 17.5. The molecule has 0 aromatic heterocycles. The number of quaternary nitrogens is 1. The van der Waals surface area contributed by atoms with Gasteiger partial charge >= 0.3 is 27.3 Å². The molecule has 3 N–H and O–H groups in total. The van der Waals surface area contributed by atoms with Crippen LogP contribution in [0, 0.1) is 0 Å². The first-order chi connectivity index (χ1) is 1.00. The van der Waals surface area contributed by atoms with Crippen molar-refractivity contribution in [3.05, 3.63) is 0 Å². The van der Waals surface area contributed by atoms with Gasteiger partial charge in [-0.2, -0.15) is 0 Å². The van der Waals surface area contributed by atoms with Gasteiger partial charge in [0.15, 0.2) is 0 Å². The zero-order chi connectivity index (χ0) is 2.00. The summed E-state index contributed by atoms with van der Waals surface area (Å²) >= 11 is 0. The van der Waals surface area contributed by atoms with Gasteiger partial charge in [-0.25, -0.2) is 0 Å². The Labute approximate surface area is 63.5 Å². The zero-order valence-corrected chi connectivity index (χ0v) is 10.4. The van der Waals surface area contributed by atoms with Crippen LogP contribution >= 0.6 is 0 Å². The van der Waals surface area contributed by atoms with Gasteiger partial charge in [0.1, 0.15) is 0 Å². The van der Waals surface area contributed by atoms with Crippen LogP contribution in [0.4, 0.5) is 0 Å². The molecule has 0 fully saturated rings. The number of halogens is 1. The summed E-state index contributed by atoms with van der Waals surface area (Å²) in [6.45, 7) is 0. The third kappa shape index (κ3) is 9.48. The van der Waals surface area contributed by atoms with Gasteiger partial charge in [0.05, 0.1) is 7.05 Å². The molecular formula is CH8INPb. The van der Waals surface area contributed by atoms with E-state index < -0.39 is 0 Å². The Morgan fingerprint density at radius 2 is 1.25 bits per heavy atom. The second kappa shape index (κ2) is 23.2. The van der Waals surface area contributed by atoms with Crippen LogP contribution in [0.25, 0.3) is 0 Å². The average Bonchev–Trinajstić information content (AvgIpc) is 1.00. The summed E-state index contributed by atoms with van der Waals surface area (Å²) in [5, 5.41) is 0. The second-order valence-corrected chi connectivity index (χ2v) is 0. The number of hydrogen-bond donors (Lipinski definition) is 1. The van der Waals surface area contributed by atoms with Crippen molar-refractivity contribution in [2.45, 2.75) is 0 Å². The molecule has 0 rings (SSSR count). The molecule has 0 aliphatic rings. The standard InChI is InChI=1S/CH5N.HI.Pb.2H/c1-2;;;;/h2H2,1H3;1H;;;. The number of hydrogen-bond acceptors (Lipinski definition) is 0. The summed E-state index contributed by atoms with van der Waals surface area (Å²) < 4.78 is 0. The molecule has 0 heterocycles. The van der Waals surface area contributed by atoms with E-state index in [1.54, 1.807) is 7.05 Å². The molecule has 2 radical (unpaired) electrons. The Balaban J connectivity index is -0.00000000500. The van der Waals surface area contributed by atoms with E-state index in [0.717, 1.165) is 0 Å². The fraction of sp³-hybridized carbons (Fsp3) is 1.00. The first-order valence-corrected chi connectivity index (χ1v) is 0.707. The quantitative estimate of drug-likeness (QED) is 0.328. The molecule has 0 saturated carbocycles. The van der Waals surface area contributed by atoms with E-state index in [-0.39, 0.29) is 51.3 Å². The van der Waals surface area contributed by atoms with E-state index in [9.17, 15) is 0 Å². The van der Waals surface area contributed by atoms with Crippen LogP contribution in [-0.2, 0) is 0 Å².